The summed E-state index contributed by atoms with van der Waals surface area (Å²) in [5, 5.41) is 11.8. The van der Waals surface area contributed by atoms with Crippen LogP contribution in [0, 0.1) is 5.92 Å². The van der Waals surface area contributed by atoms with Crippen LogP contribution in [0.4, 0.5) is 4.79 Å². The largest absolute Gasteiger partial charge is 0.481 e. The van der Waals surface area contributed by atoms with Gasteiger partial charge in [-0.25, -0.2) is 4.79 Å². The van der Waals surface area contributed by atoms with E-state index in [-0.39, 0.29) is 24.6 Å². The third kappa shape index (κ3) is 4.88. The first-order chi connectivity index (χ1) is 10.1. The van der Waals surface area contributed by atoms with Crippen molar-refractivity contribution in [3.8, 4) is 0 Å². The lowest BCUT2D eigenvalue weighted by atomic mass is 9.92. The van der Waals surface area contributed by atoms with Crippen LogP contribution >= 0.6 is 0 Å². The van der Waals surface area contributed by atoms with Crippen LogP contribution < -0.4 is 5.32 Å². The van der Waals surface area contributed by atoms with Crippen LogP contribution in [-0.2, 0) is 9.53 Å². The number of piperidine rings is 1. The van der Waals surface area contributed by atoms with E-state index in [1.54, 1.807) is 7.11 Å². The molecular formula is C15H26N2O4. The first-order valence-corrected chi connectivity index (χ1v) is 7.88. The lowest BCUT2D eigenvalue weighted by molar-refractivity contribution is -0.137. The van der Waals surface area contributed by atoms with E-state index in [1.807, 2.05) is 4.90 Å². The molecule has 2 unspecified atom stereocenters. The predicted octanol–water partition coefficient (Wildman–Crippen LogP) is 1.84. The summed E-state index contributed by atoms with van der Waals surface area (Å²) >= 11 is 0. The highest BCUT2D eigenvalue weighted by Gasteiger charge is 2.28. The highest BCUT2D eigenvalue weighted by atomic mass is 16.5. The van der Waals surface area contributed by atoms with Gasteiger partial charge in [-0.15, -0.1) is 0 Å². The Kier molecular flexibility index (Phi) is 5.85. The number of carboxylic acids is 1. The lowest BCUT2D eigenvalue weighted by Gasteiger charge is -2.32. The van der Waals surface area contributed by atoms with E-state index in [9.17, 15) is 9.59 Å². The highest BCUT2D eigenvalue weighted by molar-refractivity contribution is 5.74. The molecule has 2 amide bonds. The standard InChI is InChI=1S/C15H26N2O4/c1-21-13-4-3-12(10-13)16-15(20)17-8-6-11(7-9-17)2-5-14(18)19/h11-13H,2-10H2,1H3,(H,16,20)(H,18,19). The number of likely N-dealkylation sites (tertiary alicyclic amines) is 1. The van der Waals surface area contributed by atoms with Gasteiger partial charge < -0.3 is 20.1 Å². The number of rotatable bonds is 5. The monoisotopic (exact) mass is 298 g/mol. The molecule has 6 heteroatoms. The molecule has 2 atom stereocenters. The van der Waals surface area contributed by atoms with Crippen molar-refractivity contribution < 1.29 is 19.4 Å². The number of hydrogen-bond acceptors (Lipinski definition) is 3. The number of methoxy groups -OCH3 is 1. The van der Waals surface area contributed by atoms with Gasteiger partial charge in [-0.1, -0.05) is 0 Å². The maximum Gasteiger partial charge on any atom is 0.317 e. The van der Waals surface area contributed by atoms with Crippen molar-refractivity contribution in [3.63, 3.8) is 0 Å². The minimum Gasteiger partial charge on any atom is -0.481 e. The van der Waals surface area contributed by atoms with E-state index in [0.29, 0.717) is 5.92 Å². The molecule has 21 heavy (non-hydrogen) atoms. The Labute approximate surface area is 125 Å². The van der Waals surface area contributed by atoms with Gasteiger partial charge in [0.2, 0.25) is 0 Å². The van der Waals surface area contributed by atoms with Crippen molar-refractivity contribution in [2.75, 3.05) is 20.2 Å². The van der Waals surface area contributed by atoms with Crippen LogP contribution in [0.25, 0.3) is 0 Å². The van der Waals surface area contributed by atoms with Crippen molar-refractivity contribution in [3.05, 3.63) is 0 Å². The summed E-state index contributed by atoms with van der Waals surface area (Å²) in [5.74, 6) is -0.293. The molecular weight excluding hydrogens is 272 g/mol. The number of hydrogen-bond donors (Lipinski definition) is 2. The van der Waals surface area contributed by atoms with E-state index in [4.69, 9.17) is 9.84 Å². The lowest BCUT2D eigenvalue weighted by Crippen LogP contribution is -2.47. The minimum absolute atomic E-state index is 0.0217. The second kappa shape index (κ2) is 7.64. The molecule has 0 aromatic heterocycles. The number of ether oxygens (including phenoxy) is 1. The van der Waals surface area contributed by atoms with Gasteiger partial charge >= 0.3 is 12.0 Å². The quantitative estimate of drug-likeness (QED) is 0.811. The second-order valence-corrected chi connectivity index (χ2v) is 6.18. The molecule has 1 aliphatic heterocycles. The Balaban J connectivity index is 1.67. The number of nitrogens with zero attached hydrogens (tertiary/aromatic N) is 1. The summed E-state index contributed by atoms with van der Waals surface area (Å²) in [7, 11) is 1.72. The predicted molar refractivity (Wildman–Crippen MR) is 78.1 cm³/mol. The molecule has 1 saturated carbocycles. The molecule has 0 radical (unpaired) electrons. The fourth-order valence-electron chi connectivity index (χ4n) is 3.30. The van der Waals surface area contributed by atoms with Gasteiger partial charge in [0.05, 0.1) is 6.10 Å². The molecule has 0 bridgehead atoms. The van der Waals surface area contributed by atoms with Crippen molar-refractivity contribution in [2.24, 2.45) is 5.92 Å². The number of amides is 2. The van der Waals surface area contributed by atoms with Crippen molar-refractivity contribution in [1.82, 2.24) is 10.2 Å². The maximum absolute atomic E-state index is 12.2. The number of aliphatic carboxylic acids is 1. The Morgan fingerprint density at radius 3 is 2.52 bits per heavy atom. The maximum atomic E-state index is 12.2. The van der Waals surface area contributed by atoms with E-state index >= 15 is 0 Å². The molecule has 120 valence electrons. The summed E-state index contributed by atoms with van der Waals surface area (Å²) in [6.07, 6.45) is 5.95. The smallest absolute Gasteiger partial charge is 0.317 e. The van der Waals surface area contributed by atoms with Gasteiger partial charge in [0.25, 0.3) is 0 Å². The van der Waals surface area contributed by atoms with Gasteiger partial charge in [0, 0.05) is 32.7 Å². The summed E-state index contributed by atoms with van der Waals surface area (Å²) in [4.78, 5) is 24.6. The summed E-state index contributed by atoms with van der Waals surface area (Å²) < 4.78 is 5.32. The molecule has 2 aliphatic rings. The summed E-state index contributed by atoms with van der Waals surface area (Å²) in [5.41, 5.74) is 0. The Bertz CT molecular complexity index is 367. The average molecular weight is 298 g/mol. The molecule has 1 saturated heterocycles. The topological polar surface area (TPSA) is 78.9 Å². The molecule has 0 spiro atoms. The Morgan fingerprint density at radius 2 is 1.95 bits per heavy atom. The molecule has 0 aromatic carbocycles. The van der Waals surface area contributed by atoms with Gasteiger partial charge in [-0.2, -0.15) is 0 Å². The average Bonchev–Trinajstić information content (AvgIpc) is 2.93. The molecule has 1 aliphatic carbocycles. The zero-order valence-electron chi connectivity index (χ0n) is 12.7. The normalized spacial score (nSPS) is 26.8. The fourth-order valence-corrected chi connectivity index (χ4v) is 3.30. The van der Waals surface area contributed by atoms with Crippen molar-refractivity contribution in [2.45, 2.75) is 57.1 Å². The van der Waals surface area contributed by atoms with E-state index < -0.39 is 5.97 Å². The van der Waals surface area contributed by atoms with Crippen molar-refractivity contribution in [1.29, 1.82) is 0 Å². The molecule has 2 rings (SSSR count). The number of carbonyl (C=O) groups is 2. The van der Waals surface area contributed by atoms with E-state index in [2.05, 4.69) is 5.32 Å². The zero-order chi connectivity index (χ0) is 15.2. The first kappa shape index (κ1) is 16.1. The van der Waals surface area contributed by atoms with Crippen molar-refractivity contribution >= 4 is 12.0 Å². The molecule has 1 heterocycles. The third-order valence-electron chi connectivity index (χ3n) is 4.71. The van der Waals surface area contributed by atoms with Crippen LogP contribution in [0.5, 0.6) is 0 Å². The van der Waals surface area contributed by atoms with Gasteiger partial charge in [-0.05, 0) is 44.4 Å². The molecule has 0 aromatic rings. The Morgan fingerprint density at radius 1 is 1.24 bits per heavy atom. The molecule has 6 nitrogen and oxygen atoms in total. The van der Waals surface area contributed by atoms with Crippen LogP contribution in [0.1, 0.15) is 44.9 Å². The second-order valence-electron chi connectivity index (χ2n) is 6.18. The van der Waals surface area contributed by atoms with Gasteiger partial charge in [0.1, 0.15) is 0 Å². The van der Waals surface area contributed by atoms with E-state index in [1.165, 1.54) is 0 Å². The van der Waals surface area contributed by atoms with Gasteiger partial charge in [0.15, 0.2) is 0 Å². The third-order valence-corrected chi connectivity index (χ3v) is 4.71. The zero-order valence-corrected chi connectivity index (χ0v) is 12.7. The highest BCUT2D eigenvalue weighted by Crippen LogP contribution is 2.24. The van der Waals surface area contributed by atoms with Crippen LogP contribution in [0.2, 0.25) is 0 Å². The number of urea groups is 1. The van der Waals surface area contributed by atoms with E-state index in [0.717, 1.165) is 51.6 Å². The summed E-state index contributed by atoms with van der Waals surface area (Å²) in [6, 6.07) is 0.251. The minimum atomic E-state index is -0.732. The number of carbonyl (C=O) groups excluding carboxylic acids is 1. The SMILES string of the molecule is COC1CCC(NC(=O)N2CCC(CCC(=O)O)CC2)C1. The van der Waals surface area contributed by atoms with Gasteiger partial charge in [-0.3, -0.25) is 4.79 Å². The first-order valence-electron chi connectivity index (χ1n) is 7.88. The van der Waals surface area contributed by atoms with Crippen LogP contribution in [-0.4, -0.2) is 54.4 Å². The Hall–Kier alpha value is -1.30. The number of carboxylic acid groups (broad SMARTS) is 1. The fraction of sp³-hybridized carbons (Fsp3) is 0.867. The molecule has 2 N–H and O–H groups in total. The number of nitrogens with one attached hydrogen (secondary N) is 1. The summed E-state index contributed by atoms with van der Waals surface area (Å²) in [6.45, 7) is 1.47. The van der Waals surface area contributed by atoms with Crippen LogP contribution in [0.3, 0.4) is 0 Å². The van der Waals surface area contributed by atoms with Crippen LogP contribution in [0.15, 0.2) is 0 Å². The molecule has 2 fully saturated rings.